The van der Waals surface area contributed by atoms with Crippen molar-refractivity contribution in [2.75, 3.05) is 5.73 Å². The Labute approximate surface area is 110 Å². The van der Waals surface area contributed by atoms with Crippen molar-refractivity contribution in [3.8, 4) is 0 Å². The van der Waals surface area contributed by atoms with Crippen LogP contribution < -0.4 is 5.73 Å². The normalized spacial score (nSPS) is 27.3. The van der Waals surface area contributed by atoms with Crippen LogP contribution in [0.3, 0.4) is 0 Å². The van der Waals surface area contributed by atoms with E-state index in [4.69, 9.17) is 5.73 Å². The molecule has 1 fully saturated rings. The van der Waals surface area contributed by atoms with Crippen molar-refractivity contribution < 1.29 is 0 Å². The molecule has 1 aromatic rings. The molecule has 1 atom stereocenters. The Bertz CT molecular complexity index is 484. The number of aryl methyl sites for hydroxylation is 1. The lowest BCUT2D eigenvalue weighted by Gasteiger charge is -2.27. The van der Waals surface area contributed by atoms with Gasteiger partial charge in [0.1, 0.15) is 0 Å². The second-order valence-electron chi connectivity index (χ2n) is 5.77. The number of nitrogen functional groups attached to an aromatic ring is 1. The maximum atomic E-state index is 5.89. The Morgan fingerprint density at radius 2 is 2.06 bits per heavy atom. The van der Waals surface area contributed by atoms with Gasteiger partial charge in [0.2, 0.25) is 0 Å². The van der Waals surface area contributed by atoms with Crippen molar-refractivity contribution in [2.24, 2.45) is 5.92 Å². The number of rotatable bonds is 1. The topological polar surface area (TPSA) is 26.0 Å². The molecule has 0 amide bonds. The molecular weight excluding hydrogens is 218 g/mol. The van der Waals surface area contributed by atoms with Gasteiger partial charge in [0, 0.05) is 5.69 Å². The predicted octanol–water partition coefficient (Wildman–Crippen LogP) is 4.57. The molecular formula is C17H23N. The van der Waals surface area contributed by atoms with Gasteiger partial charge in [-0.15, -0.1) is 0 Å². The number of allylic oxidation sites excluding steroid dienone is 2. The second-order valence-corrected chi connectivity index (χ2v) is 5.77. The quantitative estimate of drug-likeness (QED) is 0.716. The zero-order valence-corrected chi connectivity index (χ0v) is 11.3. The molecule has 0 aromatic heterocycles. The van der Waals surface area contributed by atoms with Gasteiger partial charge in [0.05, 0.1) is 0 Å². The highest BCUT2D eigenvalue weighted by Crippen LogP contribution is 2.43. The third kappa shape index (κ3) is 1.96. The fraction of sp³-hybridized carbons (Fsp3) is 0.529. The SMILES string of the molecule is CCC1CCCC/C1=C1\CCc2cc(N)ccc21. The van der Waals surface area contributed by atoms with E-state index < -0.39 is 0 Å². The molecule has 0 heterocycles. The Morgan fingerprint density at radius 1 is 1.17 bits per heavy atom. The zero-order chi connectivity index (χ0) is 12.5. The minimum atomic E-state index is 0.845. The van der Waals surface area contributed by atoms with Gasteiger partial charge in [-0.1, -0.05) is 25.0 Å². The van der Waals surface area contributed by atoms with E-state index in [-0.39, 0.29) is 0 Å². The largest absolute Gasteiger partial charge is 0.399 e. The highest BCUT2D eigenvalue weighted by molar-refractivity contribution is 5.76. The van der Waals surface area contributed by atoms with E-state index in [2.05, 4.69) is 25.1 Å². The maximum Gasteiger partial charge on any atom is 0.0317 e. The molecule has 96 valence electrons. The first-order valence-corrected chi connectivity index (χ1v) is 7.40. The first-order chi connectivity index (χ1) is 8.79. The number of hydrogen-bond acceptors (Lipinski definition) is 1. The van der Waals surface area contributed by atoms with Crippen molar-refractivity contribution in [1.29, 1.82) is 0 Å². The zero-order valence-electron chi connectivity index (χ0n) is 11.3. The molecule has 2 N–H and O–H groups in total. The van der Waals surface area contributed by atoms with Crippen LogP contribution in [0, 0.1) is 5.92 Å². The number of anilines is 1. The minimum absolute atomic E-state index is 0.845. The Morgan fingerprint density at radius 3 is 2.89 bits per heavy atom. The molecule has 0 saturated heterocycles. The lowest BCUT2D eigenvalue weighted by Crippen LogP contribution is -2.10. The van der Waals surface area contributed by atoms with Crippen molar-refractivity contribution in [3.63, 3.8) is 0 Å². The first-order valence-electron chi connectivity index (χ1n) is 7.40. The minimum Gasteiger partial charge on any atom is -0.399 e. The van der Waals surface area contributed by atoms with Crippen LogP contribution in [-0.2, 0) is 6.42 Å². The van der Waals surface area contributed by atoms with Gasteiger partial charge in [-0.2, -0.15) is 0 Å². The fourth-order valence-corrected chi connectivity index (χ4v) is 3.78. The average Bonchev–Trinajstić information content (AvgIpc) is 2.81. The van der Waals surface area contributed by atoms with E-state index in [1.165, 1.54) is 56.1 Å². The summed E-state index contributed by atoms with van der Waals surface area (Å²) in [7, 11) is 0. The van der Waals surface area contributed by atoms with Crippen LogP contribution in [0.2, 0.25) is 0 Å². The van der Waals surface area contributed by atoms with E-state index in [1.54, 1.807) is 11.1 Å². The average molecular weight is 241 g/mol. The molecule has 18 heavy (non-hydrogen) atoms. The van der Waals surface area contributed by atoms with Crippen LogP contribution in [0.1, 0.15) is 56.6 Å². The lowest BCUT2D eigenvalue weighted by molar-refractivity contribution is 0.443. The highest BCUT2D eigenvalue weighted by atomic mass is 14.5. The van der Waals surface area contributed by atoms with Crippen LogP contribution in [0.4, 0.5) is 5.69 Å². The molecule has 1 saturated carbocycles. The molecule has 0 bridgehead atoms. The molecule has 2 aliphatic carbocycles. The van der Waals surface area contributed by atoms with Crippen LogP contribution in [0.25, 0.3) is 5.57 Å². The number of benzene rings is 1. The molecule has 1 nitrogen and oxygen atoms in total. The molecule has 0 spiro atoms. The molecule has 1 unspecified atom stereocenters. The van der Waals surface area contributed by atoms with E-state index in [0.717, 1.165) is 11.6 Å². The Hall–Kier alpha value is -1.24. The van der Waals surface area contributed by atoms with Gasteiger partial charge < -0.3 is 5.73 Å². The Kier molecular flexibility index (Phi) is 3.15. The Balaban J connectivity index is 2.03. The van der Waals surface area contributed by atoms with E-state index in [1.807, 2.05) is 0 Å². The van der Waals surface area contributed by atoms with Crippen molar-refractivity contribution in [3.05, 3.63) is 34.9 Å². The van der Waals surface area contributed by atoms with Gasteiger partial charge in [0.25, 0.3) is 0 Å². The van der Waals surface area contributed by atoms with Gasteiger partial charge in [-0.25, -0.2) is 0 Å². The van der Waals surface area contributed by atoms with E-state index >= 15 is 0 Å². The third-order valence-corrected chi connectivity index (χ3v) is 4.72. The molecule has 1 heteroatoms. The second kappa shape index (κ2) is 4.79. The van der Waals surface area contributed by atoms with Crippen LogP contribution >= 0.6 is 0 Å². The van der Waals surface area contributed by atoms with Crippen molar-refractivity contribution in [1.82, 2.24) is 0 Å². The van der Waals surface area contributed by atoms with Gasteiger partial charge in [-0.3, -0.25) is 0 Å². The summed E-state index contributed by atoms with van der Waals surface area (Å²) in [6.45, 7) is 2.34. The summed E-state index contributed by atoms with van der Waals surface area (Å²) in [5.74, 6) is 0.845. The summed E-state index contributed by atoms with van der Waals surface area (Å²) < 4.78 is 0. The van der Waals surface area contributed by atoms with Crippen LogP contribution in [0.15, 0.2) is 23.8 Å². The van der Waals surface area contributed by atoms with Crippen molar-refractivity contribution >= 4 is 11.3 Å². The van der Waals surface area contributed by atoms with Crippen LogP contribution in [-0.4, -0.2) is 0 Å². The third-order valence-electron chi connectivity index (χ3n) is 4.72. The summed E-state index contributed by atoms with van der Waals surface area (Å²) >= 11 is 0. The predicted molar refractivity (Wildman–Crippen MR) is 78.3 cm³/mol. The maximum absolute atomic E-state index is 5.89. The van der Waals surface area contributed by atoms with Crippen LogP contribution in [0.5, 0.6) is 0 Å². The first kappa shape index (κ1) is 11.8. The summed E-state index contributed by atoms with van der Waals surface area (Å²) in [4.78, 5) is 0. The summed E-state index contributed by atoms with van der Waals surface area (Å²) in [5, 5.41) is 0. The molecule has 0 aliphatic heterocycles. The fourth-order valence-electron chi connectivity index (χ4n) is 3.78. The molecule has 2 aliphatic rings. The highest BCUT2D eigenvalue weighted by Gasteiger charge is 2.25. The van der Waals surface area contributed by atoms with Gasteiger partial charge in [0.15, 0.2) is 0 Å². The van der Waals surface area contributed by atoms with Crippen molar-refractivity contribution in [2.45, 2.75) is 51.9 Å². The monoisotopic (exact) mass is 241 g/mol. The van der Waals surface area contributed by atoms with Gasteiger partial charge in [-0.05, 0) is 73.3 Å². The van der Waals surface area contributed by atoms with E-state index in [0.29, 0.717) is 0 Å². The molecule has 3 rings (SSSR count). The molecule has 0 radical (unpaired) electrons. The summed E-state index contributed by atoms with van der Waals surface area (Å²) in [6, 6.07) is 6.49. The summed E-state index contributed by atoms with van der Waals surface area (Å²) in [6.07, 6.45) is 9.28. The number of fused-ring (bicyclic) bond motifs is 1. The molecule has 1 aromatic carbocycles. The smallest absolute Gasteiger partial charge is 0.0317 e. The lowest BCUT2D eigenvalue weighted by atomic mass is 9.79. The van der Waals surface area contributed by atoms with Gasteiger partial charge >= 0.3 is 0 Å². The standard InChI is InChI=1S/C17H23N/c1-2-12-5-3-4-6-15(12)17-9-7-13-11-14(18)8-10-16(13)17/h8,10-12H,2-7,9,18H2,1H3/b17-15-. The number of hydrogen-bond donors (Lipinski definition) is 1. The number of nitrogens with two attached hydrogens (primary N) is 1. The summed E-state index contributed by atoms with van der Waals surface area (Å²) in [5.41, 5.74) is 13.2. The van der Waals surface area contributed by atoms with E-state index in [9.17, 15) is 0 Å².